The second-order valence-electron chi connectivity index (χ2n) is 6.76. The first kappa shape index (κ1) is 17.1. The van der Waals surface area contributed by atoms with E-state index in [1.165, 1.54) is 16.8 Å². The van der Waals surface area contributed by atoms with Crippen molar-refractivity contribution in [1.29, 1.82) is 0 Å². The first-order chi connectivity index (χ1) is 13.0. The molecule has 3 aromatic rings. The summed E-state index contributed by atoms with van der Waals surface area (Å²) in [6, 6.07) is 8.91. The highest BCUT2D eigenvalue weighted by Crippen LogP contribution is 2.19. The highest BCUT2D eigenvalue weighted by molar-refractivity contribution is 6.13. The Labute approximate surface area is 155 Å². The molecule has 1 aliphatic heterocycles. The van der Waals surface area contributed by atoms with E-state index in [4.69, 9.17) is 0 Å². The van der Waals surface area contributed by atoms with Crippen molar-refractivity contribution in [2.24, 2.45) is 7.05 Å². The van der Waals surface area contributed by atoms with Crippen molar-refractivity contribution >= 4 is 28.4 Å². The number of anilines is 1. The number of hydrogen-bond acceptors (Lipinski definition) is 3. The van der Waals surface area contributed by atoms with E-state index in [0.717, 1.165) is 36.8 Å². The fraction of sp³-hybridized carbons (Fsp3) is 0.250. The van der Waals surface area contributed by atoms with E-state index in [2.05, 4.69) is 10.3 Å². The summed E-state index contributed by atoms with van der Waals surface area (Å²) in [5.74, 6) is -0.513. The largest absolute Gasteiger partial charge is 0.360 e. The van der Waals surface area contributed by atoms with Crippen molar-refractivity contribution in [3.8, 4) is 0 Å². The molecule has 1 aliphatic rings. The number of amides is 2. The molecule has 4 rings (SSSR count). The predicted octanol–water partition coefficient (Wildman–Crippen LogP) is 2.35. The molecule has 7 nitrogen and oxygen atoms in total. The zero-order valence-electron chi connectivity index (χ0n) is 15.0. The van der Waals surface area contributed by atoms with Gasteiger partial charge in [0.15, 0.2) is 0 Å². The first-order valence-electron chi connectivity index (χ1n) is 8.92. The number of aromatic nitrogens is 2. The van der Waals surface area contributed by atoms with Gasteiger partial charge in [0.25, 0.3) is 17.4 Å². The minimum atomic E-state index is -0.393. The predicted molar refractivity (Wildman–Crippen MR) is 103 cm³/mol. The van der Waals surface area contributed by atoms with Gasteiger partial charge in [-0.1, -0.05) is 18.2 Å². The quantitative estimate of drug-likeness (QED) is 0.748. The lowest BCUT2D eigenvalue weighted by atomic mass is 10.1. The lowest BCUT2D eigenvalue weighted by Crippen LogP contribution is -2.30. The van der Waals surface area contributed by atoms with Crippen molar-refractivity contribution in [2.75, 3.05) is 18.4 Å². The Bertz CT molecular complexity index is 1090. The Kier molecular flexibility index (Phi) is 4.27. The molecule has 1 aromatic carbocycles. The minimum Gasteiger partial charge on any atom is -0.360 e. The number of H-pyrrole nitrogens is 1. The molecule has 0 atom stereocenters. The van der Waals surface area contributed by atoms with Crippen molar-refractivity contribution in [1.82, 2.24) is 14.5 Å². The zero-order valence-corrected chi connectivity index (χ0v) is 15.0. The number of carbonyl (C=O) groups excluding carboxylic acids is 2. The van der Waals surface area contributed by atoms with Crippen molar-refractivity contribution in [3.63, 3.8) is 0 Å². The third-order valence-electron chi connectivity index (χ3n) is 4.91. The summed E-state index contributed by atoms with van der Waals surface area (Å²) in [6.45, 7) is 1.44. The standard InChI is InChI=1S/C20H20N4O3/c1-23-12-13(19(26)24-8-4-5-9-24)10-17(20(23)27)22-18(25)15-11-21-16-7-3-2-6-14(15)16/h2-3,6-7,10-12,21H,4-5,8-9H2,1H3,(H,22,25). The van der Waals surface area contributed by atoms with E-state index < -0.39 is 5.91 Å². The number of fused-ring (bicyclic) bond motifs is 1. The van der Waals surface area contributed by atoms with Crippen LogP contribution < -0.4 is 10.9 Å². The van der Waals surface area contributed by atoms with Crippen molar-refractivity contribution in [3.05, 3.63) is 64.2 Å². The number of rotatable bonds is 3. The molecule has 7 heteroatoms. The van der Waals surface area contributed by atoms with Crippen LogP contribution in [0.25, 0.3) is 10.9 Å². The molecule has 1 fully saturated rings. The number of pyridine rings is 1. The molecule has 0 unspecified atom stereocenters. The fourth-order valence-corrected chi connectivity index (χ4v) is 3.47. The van der Waals surface area contributed by atoms with Crippen LogP contribution in [0, 0.1) is 0 Å². The zero-order chi connectivity index (χ0) is 19.0. The van der Waals surface area contributed by atoms with Gasteiger partial charge in [0.05, 0.1) is 11.1 Å². The molecule has 138 valence electrons. The van der Waals surface area contributed by atoms with Gasteiger partial charge in [-0.15, -0.1) is 0 Å². The van der Waals surface area contributed by atoms with E-state index in [-0.39, 0.29) is 17.2 Å². The van der Waals surface area contributed by atoms with Gasteiger partial charge in [-0.05, 0) is 25.0 Å². The number of aromatic amines is 1. The number of nitrogens with zero attached hydrogens (tertiary/aromatic N) is 2. The molecule has 0 radical (unpaired) electrons. The van der Waals surface area contributed by atoms with Gasteiger partial charge < -0.3 is 19.8 Å². The third-order valence-corrected chi connectivity index (χ3v) is 4.91. The first-order valence-corrected chi connectivity index (χ1v) is 8.92. The van der Waals surface area contributed by atoms with Gasteiger partial charge in [0, 0.05) is 43.4 Å². The second kappa shape index (κ2) is 6.75. The van der Waals surface area contributed by atoms with Gasteiger partial charge in [-0.25, -0.2) is 0 Å². The summed E-state index contributed by atoms with van der Waals surface area (Å²) in [5, 5.41) is 3.44. The summed E-state index contributed by atoms with van der Waals surface area (Å²) in [6.07, 6.45) is 5.11. The Morgan fingerprint density at radius 1 is 1.15 bits per heavy atom. The fourth-order valence-electron chi connectivity index (χ4n) is 3.47. The van der Waals surface area contributed by atoms with Crippen LogP contribution in [0.1, 0.15) is 33.6 Å². The average Bonchev–Trinajstić information content (AvgIpc) is 3.34. The Balaban J connectivity index is 1.66. The molecule has 27 heavy (non-hydrogen) atoms. The molecule has 0 spiro atoms. The van der Waals surface area contributed by atoms with Crippen LogP contribution in [0.5, 0.6) is 0 Å². The van der Waals surface area contributed by atoms with Gasteiger partial charge in [-0.2, -0.15) is 0 Å². The maximum atomic E-state index is 12.7. The van der Waals surface area contributed by atoms with Crippen LogP contribution in [0.2, 0.25) is 0 Å². The topological polar surface area (TPSA) is 87.2 Å². The average molecular weight is 364 g/mol. The lowest BCUT2D eigenvalue weighted by molar-refractivity contribution is 0.0791. The number of likely N-dealkylation sites (tertiary alicyclic amines) is 1. The van der Waals surface area contributed by atoms with Gasteiger partial charge >= 0.3 is 0 Å². The molecule has 1 saturated heterocycles. The monoisotopic (exact) mass is 364 g/mol. The minimum absolute atomic E-state index is 0.0952. The molecular formula is C20H20N4O3. The number of carbonyl (C=O) groups is 2. The van der Waals surface area contributed by atoms with Gasteiger partial charge in [0.1, 0.15) is 5.69 Å². The summed E-state index contributed by atoms with van der Waals surface area (Å²) >= 11 is 0. The summed E-state index contributed by atoms with van der Waals surface area (Å²) in [4.78, 5) is 42.6. The molecule has 0 aliphatic carbocycles. The lowest BCUT2D eigenvalue weighted by Gasteiger charge is -2.16. The number of benzene rings is 1. The van der Waals surface area contributed by atoms with Gasteiger partial charge in [-0.3, -0.25) is 14.4 Å². The molecule has 0 bridgehead atoms. The van der Waals surface area contributed by atoms with E-state index in [1.54, 1.807) is 18.1 Å². The molecule has 0 saturated carbocycles. The normalized spacial score (nSPS) is 13.9. The van der Waals surface area contributed by atoms with E-state index in [1.807, 2.05) is 24.3 Å². The van der Waals surface area contributed by atoms with Crippen LogP contribution in [0.15, 0.2) is 47.5 Å². The number of nitrogens with one attached hydrogen (secondary N) is 2. The number of hydrogen-bond donors (Lipinski definition) is 2. The maximum absolute atomic E-state index is 12.7. The van der Waals surface area contributed by atoms with E-state index in [9.17, 15) is 14.4 Å². The Hall–Kier alpha value is -3.35. The van der Waals surface area contributed by atoms with E-state index in [0.29, 0.717) is 11.1 Å². The van der Waals surface area contributed by atoms with E-state index >= 15 is 0 Å². The molecule has 2 amide bonds. The maximum Gasteiger partial charge on any atom is 0.274 e. The summed E-state index contributed by atoms with van der Waals surface area (Å²) < 4.78 is 1.33. The highest BCUT2D eigenvalue weighted by atomic mass is 16.2. The Morgan fingerprint density at radius 2 is 1.89 bits per heavy atom. The third kappa shape index (κ3) is 3.12. The number of aryl methyl sites for hydroxylation is 1. The van der Waals surface area contributed by atoms with Crippen LogP contribution in [0.3, 0.4) is 0 Å². The summed E-state index contributed by atoms with van der Waals surface area (Å²) in [7, 11) is 1.57. The van der Waals surface area contributed by atoms with Crippen molar-refractivity contribution in [2.45, 2.75) is 12.8 Å². The highest BCUT2D eigenvalue weighted by Gasteiger charge is 2.22. The molecule has 3 heterocycles. The van der Waals surface area contributed by atoms with Crippen LogP contribution in [-0.4, -0.2) is 39.4 Å². The van der Waals surface area contributed by atoms with Gasteiger partial charge in [0.2, 0.25) is 0 Å². The van der Waals surface area contributed by atoms with Crippen molar-refractivity contribution < 1.29 is 9.59 Å². The number of para-hydroxylation sites is 1. The molecule has 2 aromatic heterocycles. The summed E-state index contributed by atoms with van der Waals surface area (Å²) in [5.41, 5.74) is 1.42. The second-order valence-corrected chi connectivity index (χ2v) is 6.76. The Morgan fingerprint density at radius 3 is 2.67 bits per heavy atom. The smallest absolute Gasteiger partial charge is 0.274 e. The molecule has 2 N–H and O–H groups in total. The molecular weight excluding hydrogens is 344 g/mol. The van der Waals surface area contributed by atoms with Crippen LogP contribution in [0.4, 0.5) is 5.69 Å². The van der Waals surface area contributed by atoms with Crippen LogP contribution in [-0.2, 0) is 7.05 Å². The SMILES string of the molecule is Cn1cc(C(=O)N2CCCC2)cc(NC(=O)c2c[nH]c3ccccc23)c1=O. The van der Waals surface area contributed by atoms with Crippen LogP contribution >= 0.6 is 0 Å².